The first-order valence-corrected chi connectivity index (χ1v) is 2.88. The lowest BCUT2D eigenvalue weighted by atomic mass is 10.3. The zero-order chi connectivity index (χ0) is 7.11. The summed E-state index contributed by atoms with van der Waals surface area (Å²) >= 11 is 0. The van der Waals surface area contributed by atoms with Crippen LogP contribution in [-0.2, 0) is 4.74 Å². The van der Waals surface area contributed by atoms with E-state index in [4.69, 9.17) is 9.94 Å². The Balaban J connectivity index is 3.19. The highest BCUT2D eigenvalue weighted by Gasteiger charge is 2.00. The van der Waals surface area contributed by atoms with Crippen LogP contribution >= 0.6 is 0 Å². The lowest BCUT2D eigenvalue weighted by Gasteiger charge is -2.10. The van der Waals surface area contributed by atoms with E-state index in [1.807, 2.05) is 5.48 Å². The van der Waals surface area contributed by atoms with Gasteiger partial charge in [0.1, 0.15) is 6.23 Å². The minimum atomic E-state index is -0.261. The molecule has 0 saturated heterocycles. The predicted molar refractivity (Wildman–Crippen MR) is 35.2 cm³/mol. The van der Waals surface area contributed by atoms with Gasteiger partial charge in [-0.25, -0.2) is 0 Å². The average Bonchev–Trinajstić information content (AvgIpc) is 1.91. The zero-order valence-corrected chi connectivity index (χ0v) is 5.63. The quantitative estimate of drug-likeness (QED) is 0.331. The maximum absolute atomic E-state index is 8.34. The van der Waals surface area contributed by atoms with Gasteiger partial charge in [0, 0.05) is 7.11 Å². The first-order valence-electron chi connectivity index (χ1n) is 2.88. The van der Waals surface area contributed by atoms with Gasteiger partial charge >= 0.3 is 0 Å². The van der Waals surface area contributed by atoms with E-state index in [1.54, 1.807) is 6.08 Å². The summed E-state index contributed by atoms with van der Waals surface area (Å²) in [6, 6.07) is 0. The standard InChI is InChI=1S/C6H13NO2/c1-3-4-5-6(7-8)9-2/h3,6-8H,1,4-5H2,2H3. The first-order chi connectivity index (χ1) is 4.35. The van der Waals surface area contributed by atoms with Crippen LogP contribution in [0.2, 0.25) is 0 Å². The summed E-state index contributed by atoms with van der Waals surface area (Å²) in [7, 11) is 1.54. The summed E-state index contributed by atoms with van der Waals surface area (Å²) in [6.45, 7) is 3.54. The number of rotatable bonds is 5. The Kier molecular flexibility index (Phi) is 5.51. The highest BCUT2D eigenvalue weighted by atomic mass is 16.6. The van der Waals surface area contributed by atoms with Gasteiger partial charge in [-0.15, -0.1) is 6.58 Å². The molecule has 0 aromatic heterocycles. The topological polar surface area (TPSA) is 41.5 Å². The van der Waals surface area contributed by atoms with Crippen LogP contribution in [-0.4, -0.2) is 18.5 Å². The van der Waals surface area contributed by atoms with Gasteiger partial charge in [-0.1, -0.05) is 6.08 Å². The van der Waals surface area contributed by atoms with E-state index in [-0.39, 0.29) is 6.23 Å². The third kappa shape index (κ3) is 4.14. The van der Waals surface area contributed by atoms with Crippen molar-refractivity contribution < 1.29 is 9.94 Å². The van der Waals surface area contributed by atoms with Gasteiger partial charge in [0.25, 0.3) is 0 Å². The molecule has 2 N–H and O–H groups in total. The second kappa shape index (κ2) is 5.75. The summed E-state index contributed by atoms with van der Waals surface area (Å²) < 4.78 is 4.79. The summed E-state index contributed by atoms with van der Waals surface area (Å²) in [6.07, 6.45) is 3.11. The molecule has 0 spiro atoms. The second-order valence-electron chi connectivity index (χ2n) is 1.72. The number of allylic oxidation sites excluding steroid dienone is 1. The van der Waals surface area contributed by atoms with Crippen LogP contribution in [0.1, 0.15) is 12.8 Å². The number of hydrogen-bond acceptors (Lipinski definition) is 3. The van der Waals surface area contributed by atoms with Crippen molar-refractivity contribution in [2.45, 2.75) is 19.1 Å². The number of ether oxygens (including phenoxy) is 1. The van der Waals surface area contributed by atoms with Crippen molar-refractivity contribution in [3.63, 3.8) is 0 Å². The second-order valence-corrected chi connectivity index (χ2v) is 1.72. The lowest BCUT2D eigenvalue weighted by Crippen LogP contribution is -2.27. The van der Waals surface area contributed by atoms with Gasteiger partial charge < -0.3 is 9.94 Å². The number of methoxy groups -OCH3 is 1. The molecule has 0 heterocycles. The molecular weight excluding hydrogens is 118 g/mol. The van der Waals surface area contributed by atoms with E-state index < -0.39 is 0 Å². The molecule has 0 aliphatic carbocycles. The van der Waals surface area contributed by atoms with Crippen LogP contribution in [0.25, 0.3) is 0 Å². The van der Waals surface area contributed by atoms with E-state index in [0.717, 1.165) is 12.8 Å². The van der Waals surface area contributed by atoms with Gasteiger partial charge in [0.05, 0.1) is 0 Å². The largest absolute Gasteiger partial charge is 0.364 e. The number of hydroxylamine groups is 1. The average molecular weight is 131 g/mol. The Bertz CT molecular complexity index is 71.5. The number of hydrogen-bond donors (Lipinski definition) is 2. The molecule has 0 aliphatic heterocycles. The van der Waals surface area contributed by atoms with Crippen LogP contribution in [0.4, 0.5) is 0 Å². The first kappa shape index (κ1) is 8.62. The van der Waals surface area contributed by atoms with E-state index in [1.165, 1.54) is 7.11 Å². The SMILES string of the molecule is C=CCCC(NO)OC. The van der Waals surface area contributed by atoms with E-state index >= 15 is 0 Å². The fourth-order valence-corrected chi connectivity index (χ4v) is 0.504. The van der Waals surface area contributed by atoms with E-state index in [9.17, 15) is 0 Å². The van der Waals surface area contributed by atoms with Crippen molar-refractivity contribution in [1.29, 1.82) is 0 Å². The van der Waals surface area contributed by atoms with Crippen molar-refractivity contribution in [2.75, 3.05) is 7.11 Å². The van der Waals surface area contributed by atoms with E-state index in [0.29, 0.717) is 0 Å². The molecule has 0 aromatic rings. The fourth-order valence-electron chi connectivity index (χ4n) is 0.504. The van der Waals surface area contributed by atoms with Crippen molar-refractivity contribution >= 4 is 0 Å². The highest BCUT2D eigenvalue weighted by molar-refractivity contribution is 4.67. The van der Waals surface area contributed by atoms with Crippen molar-refractivity contribution in [2.24, 2.45) is 0 Å². The fraction of sp³-hybridized carbons (Fsp3) is 0.667. The molecule has 3 nitrogen and oxygen atoms in total. The molecule has 0 bridgehead atoms. The molecule has 1 unspecified atom stereocenters. The van der Waals surface area contributed by atoms with Gasteiger partial charge in [-0.05, 0) is 12.8 Å². The smallest absolute Gasteiger partial charge is 0.129 e. The normalized spacial score (nSPS) is 13.1. The van der Waals surface area contributed by atoms with Crippen molar-refractivity contribution in [3.05, 3.63) is 12.7 Å². The molecule has 3 heteroatoms. The summed E-state index contributed by atoms with van der Waals surface area (Å²) in [5.74, 6) is 0. The van der Waals surface area contributed by atoms with Crippen LogP contribution in [0.5, 0.6) is 0 Å². The van der Waals surface area contributed by atoms with Gasteiger partial charge in [-0.2, -0.15) is 5.48 Å². The van der Waals surface area contributed by atoms with E-state index in [2.05, 4.69) is 6.58 Å². The molecular formula is C6H13NO2. The monoisotopic (exact) mass is 131 g/mol. The minimum absolute atomic E-state index is 0.261. The molecule has 0 aromatic carbocycles. The molecule has 0 rings (SSSR count). The molecule has 9 heavy (non-hydrogen) atoms. The molecule has 0 aliphatic rings. The molecule has 54 valence electrons. The minimum Gasteiger partial charge on any atom is -0.364 e. The Morgan fingerprint density at radius 2 is 2.56 bits per heavy atom. The van der Waals surface area contributed by atoms with Crippen molar-refractivity contribution in [1.82, 2.24) is 5.48 Å². The Labute approximate surface area is 55.3 Å². The molecule has 1 atom stereocenters. The third-order valence-electron chi connectivity index (χ3n) is 1.06. The van der Waals surface area contributed by atoms with Crippen LogP contribution in [0.3, 0.4) is 0 Å². The van der Waals surface area contributed by atoms with Crippen LogP contribution in [0, 0.1) is 0 Å². The Morgan fingerprint density at radius 1 is 1.89 bits per heavy atom. The van der Waals surface area contributed by atoms with Gasteiger partial charge in [0.2, 0.25) is 0 Å². The molecule has 0 amide bonds. The maximum atomic E-state index is 8.34. The third-order valence-corrected chi connectivity index (χ3v) is 1.06. The predicted octanol–water partition coefficient (Wildman–Crippen LogP) is 0.904. The molecule has 0 radical (unpaired) electrons. The summed E-state index contributed by atoms with van der Waals surface area (Å²) in [5, 5.41) is 8.34. The number of nitrogens with one attached hydrogen (secondary N) is 1. The van der Waals surface area contributed by atoms with Gasteiger partial charge in [0.15, 0.2) is 0 Å². The zero-order valence-electron chi connectivity index (χ0n) is 5.63. The maximum Gasteiger partial charge on any atom is 0.129 e. The van der Waals surface area contributed by atoms with Crippen molar-refractivity contribution in [3.8, 4) is 0 Å². The van der Waals surface area contributed by atoms with Gasteiger partial charge in [-0.3, -0.25) is 0 Å². The summed E-state index contributed by atoms with van der Waals surface area (Å²) in [4.78, 5) is 0. The Hall–Kier alpha value is -0.380. The van der Waals surface area contributed by atoms with Crippen LogP contribution in [0.15, 0.2) is 12.7 Å². The lowest BCUT2D eigenvalue weighted by molar-refractivity contribution is -0.0313. The summed E-state index contributed by atoms with van der Waals surface area (Å²) in [5.41, 5.74) is 2.02. The molecule has 0 fully saturated rings. The van der Waals surface area contributed by atoms with Crippen LogP contribution < -0.4 is 5.48 Å². The Morgan fingerprint density at radius 3 is 2.89 bits per heavy atom. The highest BCUT2D eigenvalue weighted by Crippen LogP contribution is 1.96. The molecule has 0 saturated carbocycles.